The van der Waals surface area contributed by atoms with Gasteiger partial charge in [0.15, 0.2) is 5.78 Å². The monoisotopic (exact) mass is 327 g/mol. The van der Waals surface area contributed by atoms with Crippen LogP contribution in [0.4, 0.5) is 0 Å². The molecule has 4 nitrogen and oxygen atoms in total. The minimum atomic E-state index is -0.233. The number of rotatable bonds is 6. The van der Waals surface area contributed by atoms with E-state index in [0.29, 0.717) is 0 Å². The summed E-state index contributed by atoms with van der Waals surface area (Å²) in [4.78, 5) is 13.0. The van der Waals surface area contributed by atoms with E-state index in [0.717, 1.165) is 55.5 Å². The summed E-state index contributed by atoms with van der Waals surface area (Å²) < 4.78 is 2.68. The summed E-state index contributed by atoms with van der Waals surface area (Å²) in [5.41, 5.74) is 0.516. The van der Waals surface area contributed by atoms with E-state index in [9.17, 15) is 4.79 Å². The van der Waals surface area contributed by atoms with Crippen molar-refractivity contribution in [3.05, 3.63) is 16.4 Å². The maximum Gasteiger partial charge on any atom is 0.189 e. The summed E-state index contributed by atoms with van der Waals surface area (Å²) in [5, 5.41) is 7.66. The zero-order valence-electron chi connectivity index (χ0n) is 11.7. The first-order chi connectivity index (χ1) is 9.14. The number of hydrogen-bond donors (Lipinski definition) is 1. The number of aromatic nitrogens is 2. The largest absolute Gasteiger partial charge is 0.316 e. The van der Waals surface area contributed by atoms with Crippen molar-refractivity contribution in [3.63, 3.8) is 0 Å². The third-order valence-corrected chi connectivity index (χ3v) is 4.48. The molecule has 1 N–H and O–H groups in total. The van der Waals surface area contributed by atoms with Crippen LogP contribution in [-0.2, 0) is 6.54 Å². The molecular weight excluding hydrogens is 306 g/mol. The van der Waals surface area contributed by atoms with Crippen LogP contribution >= 0.6 is 15.9 Å². The second-order valence-corrected chi connectivity index (χ2v) is 6.20. The Kier molecular flexibility index (Phi) is 4.79. The van der Waals surface area contributed by atoms with Gasteiger partial charge >= 0.3 is 0 Å². The number of nitrogens with zero attached hydrogens (tertiary/aromatic N) is 2. The molecule has 0 saturated carbocycles. The van der Waals surface area contributed by atoms with E-state index in [1.807, 2.05) is 4.68 Å². The molecule has 0 aromatic carbocycles. The third kappa shape index (κ3) is 2.77. The van der Waals surface area contributed by atoms with E-state index in [2.05, 4.69) is 40.2 Å². The van der Waals surface area contributed by atoms with Gasteiger partial charge < -0.3 is 5.32 Å². The second-order valence-electron chi connectivity index (χ2n) is 5.35. The van der Waals surface area contributed by atoms with Crippen molar-refractivity contribution < 1.29 is 4.79 Å². The zero-order chi connectivity index (χ0) is 13.9. The first kappa shape index (κ1) is 14.7. The number of hydrogen-bond acceptors (Lipinski definition) is 3. The lowest BCUT2D eigenvalue weighted by Gasteiger charge is -2.26. The van der Waals surface area contributed by atoms with Crippen LogP contribution in [0, 0.1) is 5.41 Å². The van der Waals surface area contributed by atoms with E-state index in [1.54, 1.807) is 6.20 Å². The van der Waals surface area contributed by atoms with Crippen LogP contribution < -0.4 is 5.32 Å². The minimum absolute atomic E-state index is 0.233. The fraction of sp³-hybridized carbons (Fsp3) is 0.714. The number of Topliss-reactive ketones (excluding diaryl/α,β-unsaturated/α-hetero) is 1. The highest BCUT2D eigenvalue weighted by Gasteiger charge is 2.42. The molecule has 0 bridgehead atoms. The lowest BCUT2D eigenvalue weighted by molar-refractivity contribution is 0.0788. The van der Waals surface area contributed by atoms with Gasteiger partial charge in [0.2, 0.25) is 0 Å². The van der Waals surface area contributed by atoms with Crippen molar-refractivity contribution >= 4 is 21.7 Å². The standard InChI is InChI=1S/C14H22BrN3O/c1-3-5-14(6-7-16-10-14)13(19)12-11(15)9-17-18(12)8-4-2/h9,16H,3-8,10H2,1-2H3. The van der Waals surface area contributed by atoms with Gasteiger partial charge in [-0.1, -0.05) is 20.3 Å². The quantitative estimate of drug-likeness (QED) is 0.817. The van der Waals surface area contributed by atoms with Crippen LogP contribution in [0.3, 0.4) is 0 Å². The van der Waals surface area contributed by atoms with Crippen molar-refractivity contribution in [2.45, 2.75) is 46.1 Å². The number of carbonyl (C=O) groups is 1. The predicted molar refractivity (Wildman–Crippen MR) is 79.4 cm³/mol. The molecule has 2 rings (SSSR count). The van der Waals surface area contributed by atoms with Gasteiger partial charge in [0, 0.05) is 18.5 Å². The Bertz CT molecular complexity index is 450. The summed E-state index contributed by atoms with van der Waals surface area (Å²) in [5.74, 6) is 0.247. The SMILES string of the molecule is CCCn1ncc(Br)c1C(=O)C1(CCC)CCNC1. The van der Waals surface area contributed by atoms with E-state index in [-0.39, 0.29) is 11.2 Å². The first-order valence-corrected chi connectivity index (χ1v) is 7.90. The number of aryl methyl sites for hydroxylation is 1. The minimum Gasteiger partial charge on any atom is -0.316 e. The number of halogens is 1. The van der Waals surface area contributed by atoms with E-state index < -0.39 is 0 Å². The summed E-state index contributed by atoms with van der Waals surface area (Å²) >= 11 is 3.49. The lowest BCUT2D eigenvalue weighted by atomic mass is 9.77. The van der Waals surface area contributed by atoms with Crippen LogP contribution in [0.5, 0.6) is 0 Å². The maximum atomic E-state index is 13.0. The molecule has 1 atom stereocenters. The molecule has 1 saturated heterocycles. The highest BCUT2D eigenvalue weighted by Crippen LogP contribution is 2.36. The summed E-state index contributed by atoms with van der Waals surface area (Å²) in [6.07, 6.45) is 5.64. The lowest BCUT2D eigenvalue weighted by Crippen LogP contribution is -2.35. The molecule has 1 aliphatic rings. The molecule has 1 aromatic rings. The van der Waals surface area contributed by atoms with Gasteiger partial charge in [-0.3, -0.25) is 9.48 Å². The van der Waals surface area contributed by atoms with Crippen molar-refractivity contribution in [3.8, 4) is 0 Å². The number of ketones is 1. The molecule has 0 spiro atoms. The molecule has 0 radical (unpaired) electrons. The molecule has 0 amide bonds. The molecule has 1 unspecified atom stereocenters. The van der Waals surface area contributed by atoms with Crippen molar-refractivity contribution in [2.24, 2.45) is 5.41 Å². The van der Waals surface area contributed by atoms with Crippen molar-refractivity contribution in [1.29, 1.82) is 0 Å². The van der Waals surface area contributed by atoms with E-state index in [4.69, 9.17) is 0 Å². The molecule has 1 aromatic heterocycles. The van der Waals surface area contributed by atoms with Gasteiger partial charge in [0.25, 0.3) is 0 Å². The highest BCUT2D eigenvalue weighted by atomic mass is 79.9. The predicted octanol–water partition coefficient (Wildman–Crippen LogP) is 3.02. The van der Waals surface area contributed by atoms with Crippen LogP contribution in [0.25, 0.3) is 0 Å². The first-order valence-electron chi connectivity index (χ1n) is 7.11. The van der Waals surface area contributed by atoms with Crippen LogP contribution in [0.1, 0.15) is 50.0 Å². The fourth-order valence-corrected chi connectivity index (χ4v) is 3.44. The fourth-order valence-electron chi connectivity index (χ4n) is 2.96. The van der Waals surface area contributed by atoms with Crippen LogP contribution in [-0.4, -0.2) is 28.7 Å². The van der Waals surface area contributed by atoms with Gasteiger partial charge in [-0.25, -0.2) is 0 Å². The van der Waals surface area contributed by atoms with Gasteiger partial charge in [-0.2, -0.15) is 5.10 Å². The maximum absolute atomic E-state index is 13.0. The smallest absolute Gasteiger partial charge is 0.189 e. The molecule has 1 aliphatic heterocycles. The van der Waals surface area contributed by atoms with E-state index >= 15 is 0 Å². The molecule has 5 heteroatoms. The Morgan fingerprint density at radius 1 is 1.53 bits per heavy atom. The Morgan fingerprint density at radius 2 is 2.32 bits per heavy atom. The summed E-state index contributed by atoms with van der Waals surface area (Å²) in [6.45, 7) is 6.77. The number of carbonyl (C=O) groups excluding carboxylic acids is 1. The summed E-state index contributed by atoms with van der Waals surface area (Å²) in [6, 6.07) is 0. The summed E-state index contributed by atoms with van der Waals surface area (Å²) in [7, 11) is 0. The molecule has 19 heavy (non-hydrogen) atoms. The van der Waals surface area contributed by atoms with Crippen LogP contribution in [0.15, 0.2) is 10.7 Å². The Labute approximate surface area is 123 Å². The second kappa shape index (κ2) is 6.18. The van der Waals surface area contributed by atoms with Gasteiger partial charge in [0.05, 0.1) is 10.7 Å². The topological polar surface area (TPSA) is 46.9 Å². The Morgan fingerprint density at radius 3 is 2.89 bits per heavy atom. The highest BCUT2D eigenvalue weighted by molar-refractivity contribution is 9.10. The molecule has 2 heterocycles. The molecular formula is C14H22BrN3O. The van der Waals surface area contributed by atoms with Crippen molar-refractivity contribution in [2.75, 3.05) is 13.1 Å². The normalized spacial score (nSPS) is 22.9. The zero-order valence-corrected chi connectivity index (χ0v) is 13.3. The average molecular weight is 328 g/mol. The third-order valence-electron chi connectivity index (χ3n) is 3.90. The van der Waals surface area contributed by atoms with Gasteiger partial charge in [0.1, 0.15) is 5.69 Å². The molecule has 1 fully saturated rings. The molecule has 0 aliphatic carbocycles. The van der Waals surface area contributed by atoms with E-state index in [1.165, 1.54) is 0 Å². The molecule has 106 valence electrons. The van der Waals surface area contributed by atoms with Crippen LogP contribution in [0.2, 0.25) is 0 Å². The Balaban J connectivity index is 2.34. The Hall–Kier alpha value is -0.680. The average Bonchev–Trinajstić information content (AvgIpc) is 2.98. The number of nitrogens with one attached hydrogen (secondary N) is 1. The van der Waals surface area contributed by atoms with Crippen molar-refractivity contribution in [1.82, 2.24) is 15.1 Å². The van der Waals surface area contributed by atoms with Gasteiger partial charge in [-0.15, -0.1) is 0 Å². The van der Waals surface area contributed by atoms with Gasteiger partial charge in [-0.05, 0) is 41.7 Å².